The first-order chi connectivity index (χ1) is 9.67. The number of hydrogen-bond acceptors (Lipinski definition) is 2. The Morgan fingerprint density at radius 3 is 2.25 bits per heavy atom. The minimum Gasteiger partial charge on any atom is -0.219 e. The summed E-state index contributed by atoms with van der Waals surface area (Å²) in [4.78, 5) is 0.352. The van der Waals surface area contributed by atoms with Crippen LogP contribution in [0.2, 0.25) is 0 Å². The van der Waals surface area contributed by atoms with Gasteiger partial charge in [-0.25, -0.2) is 8.42 Å². The predicted molar refractivity (Wildman–Crippen MR) is 85.2 cm³/mol. The van der Waals surface area contributed by atoms with Crippen LogP contribution in [0.25, 0.3) is 0 Å². The molecule has 0 aliphatic rings. The maximum atomic E-state index is 11.9. The van der Waals surface area contributed by atoms with Gasteiger partial charge >= 0.3 is 0 Å². The highest BCUT2D eigenvalue weighted by atomic mass is 32.2. The number of rotatable bonds is 8. The maximum absolute atomic E-state index is 11.9. The molecule has 0 aliphatic carbocycles. The van der Waals surface area contributed by atoms with Gasteiger partial charge in [0.2, 0.25) is 0 Å². The second kappa shape index (κ2) is 9.32. The molecule has 1 rings (SSSR count). The van der Waals surface area contributed by atoms with Crippen LogP contribution in [-0.4, -0.2) is 8.42 Å². The molecule has 0 amide bonds. The van der Waals surface area contributed by atoms with Crippen LogP contribution in [0, 0.1) is 0 Å². The van der Waals surface area contributed by atoms with Gasteiger partial charge in [-0.05, 0) is 44.7 Å². The van der Waals surface area contributed by atoms with Crippen molar-refractivity contribution in [1.82, 2.24) is 0 Å². The van der Waals surface area contributed by atoms with Gasteiger partial charge in [0.1, 0.15) is 0 Å². The molecular formula is C17H22O2S. The van der Waals surface area contributed by atoms with Crippen LogP contribution in [0.3, 0.4) is 0 Å². The lowest BCUT2D eigenvalue weighted by Gasteiger charge is -1.98. The lowest BCUT2D eigenvalue weighted by molar-refractivity contribution is 0.604. The lowest BCUT2D eigenvalue weighted by Crippen LogP contribution is -1.95. The van der Waals surface area contributed by atoms with Crippen molar-refractivity contribution < 1.29 is 8.42 Å². The van der Waals surface area contributed by atoms with Crippen LogP contribution in [0.4, 0.5) is 0 Å². The molecule has 1 aromatic carbocycles. The molecule has 0 fully saturated rings. The van der Waals surface area contributed by atoms with Gasteiger partial charge in [0.05, 0.1) is 4.90 Å². The first kappa shape index (κ1) is 16.4. The van der Waals surface area contributed by atoms with E-state index in [0.717, 1.165) is 25.7 Å². The van der Waals surface area contributed by atoms with Gasteiger partial charge in [-0.3, -0.25) is 0 Å². The van der Waals surface area contributed by atoms with E-state index >= 15 is 0 Å². The Labute approximate surface area is 122 Å². The topological polar surface area (TPSA) is 34.1 Å². The molecule has 3 heteroatoms. The van der Waals surface area contributed by atoms with Gasteiger partial charge in [-0.2, -0.15) is 0 Å². The number of sulfone groups is 1. The maximum Gasteiger partial charge on any atom is 0.199 e. The summed E-state index contributed by atoms with van der Waals surface area (Å²) in [6, 6.07) is 8.51. The molecule has 0 aliphatic heterocycles. The van der Waals surface area contributed by atoms with E-state index in [1.165, 1.54) is 5.41 Å². The molecule has 0 aromatic heterocycles. The Balaban J connectivity index is 2.31. The molecule has 0 bridgehead atoms. The van der Waals surface area contributed by atoms with Crippen molar-refractivity contribution in [3.8, 4) is 0 Å². The standard InChI is InChI=1S/C17H22O2S/c1-2-3-4-5-6-7-8-9-13-16-20(18,19)17-14-11-10-12-15-17/h2-5,10-16H,6-9H2,1H3/b3-2+,5-4+,16-13-. The molecule has 0 N–H and O–H groups in total. The molecule has 0 spiro atoms. The van der Waals surface area contributed by atoms with Gasteiger partial charge in [0.25, 0.3) is 0 Å². The van der Waals surface area contributed by atoms with Crippen LogP contribution in [0.5, 0.6) is 0 Å². The van der Waals surface area contributed by atoms with Gasteiger partial charge in [0.15, 0.2) is 9.84 Å². The van der Waals surface area contributed by atoms with Gasteiger partial charge < -0.3 is 0 Å². The first-order valence-electron chi connectivity index (χ1n) is 6.91. The van der Waals surface area contributed by atoms with E-state index in [1.807, 2.05) is 31.2 Å². The normalized spacial score (nSPS) is 12.8. The second-order valence-electron chi connectivity index (χ2n) is 4.47. The minimum absolute atomic E-state index is 0.352. The van der Waals surface area contributed by atoms with Gasteiger partial charge in [-0.1, -0.05) is 48.6 Å². The molecule has 1 aromatic rings. The van der Waals surface area contributed by atoms with Crippen LogP contribution in [0.15, 0.2) is 71.0 Å². The SMILES string of the molecule is C/C=C/C=C/CCCC/C=C\S(=O)(=O)c1ccccc1. The van der Waals surface area contributed by atoms with Crippen molar-refractivity contribution in [1.29, 1.82) is 0 Å². The summed E-state index contributed by atoms with van der Waals surface area (Å²) in [6.45, 7) is 1.99. The second-order valence-corrected chi connectivity index (χ2v) is 6.30. The summed E-state index contributed by atoms with van der Waals surface area (Å²) in [7, 11) is -3.27. The summed E-state index contributed by atoms with van der Waals surface area (Å²) in [5.41, 5.74) is 0. The van der Waals surface area contributed by atoms with Crippen molar-refractivity contribution >= 4 is 9.84 Å². The van der Waals surface area contributed by atoms with E-state index in [0.29, 0.717) is 4.90 Å². The highest BCUT2D eigenvalue weighted by molar-refractivity contribution is 7.94. The largest absolute Gasteiger partial charge is 0.219 e. The van der Waals surface area contributed by atoms with Crippen LogP contribution >= 0.6 is 0 Å². The fourth-order valence-corrected chi connectivity index (χ4v) is 2.78. The Morgan fingerprint density at radius 2 is 1.60 bits per heavy atom. The molecule has 20 heavy (non-hydrogen) atoms. The number of allylic oxidation sites excluding steroid dienone is 5. The summed E-state index contributed by atoms with van der Waals surface area (Å²) >= 11 is 0. The number of benzene rings is 1. The molecule has 0 saturated carbocycles. The van der Waals surface area contributed by atoms with E-state index < -0.39 is 9.84 Å². The molecule has 0 heterocycles. The van der Waals surface area contributed by atoms with Crippen molar-refractivity contribution in [2.45, 2.75) is 37.5 Å². The smallest absolute Gasteiger partial charge is 0.199 e. The summed E-state index contributed by atoms with van der Waals surface area (Å²) in [5.74, 6) is 0. The summed E-state index contributed by atoms with van der Waals surface area (Å²) in [5, 5.41) is 1.32. The van der Waals surface area contributed by atoms with Gasteiger partial charge in [-0.15, -0.1) is 0 Å². The predicted octanol–water partition coefficient (Wildman–Crippen LogP) is 4.67. The van der Waals surface area contributed by atoms with Crippen LogP contribution < -0.4 is 0 Å². The molecular weight excluding hydrogens is 268 g/mol. The van der Waals surface area contributed by atoms with Crippen molar-refractivity contribution in [3.63, 3.8) is 0 Å². The van der Waals surface area contributed by atoms with Crippen molar-refractivity contribution in [2.75, 3.05) is 0 Å². The van der Waals surface area contributed by atoms with E-state index in [-0.39, 0.29) is 0 Å². The monoisotopic (exact) mass is 290 g/mol. The quantitative estimate of drug-likeness (QED) is 0.515. The third-order valence-electron chi connectivity index (χ3n) is 2.78. The van der Waals surface area contributed by atoms with E-state index in [1.54, 1.807) is 30.3 Å². The third-order valence-corrected chi connectivity index (χ3v) is 4.26. The zero-order valence-corrected chi connectivity index (χ0v) is 12.7. The Hall–Kier alpha value is -1.61. The zero-order chi connectivity index (χ0) is 14.7. The van der Waals surface area contributed by atoms with Gasteiger partial charge in [0, 0.05) is 5.41 Å². The molecule has 2 nitrogen and oxygen atoms in total. The minimum atomic E-state index is -3.27. The van der Waals surface area contributed by atoms with Crippen LogP contribution in [-0.2, 0) is 9.84 Å². The molecule has 108 valence electrons. The fourth-order valence-electron chi connectivity index (χ4n) is 1.69. The highest BCUT2D eigenvalue weighted by Crippen LogP contribution is 2.12. The first-order valence-corrected chi connectivity index (χ1v) is 8.46. The third kappa shape index (κ3) is 6.53. The van der Waals surface area contributed by atoms with E-state index in [9.17, 15) is 8.42 Å². The summed E-state index contributed by atoms with van der Waals surface area (Å²) < 4.78 is 23.9. The van der Waals surface area contributed by atoms with Crippen molar-refractivity contribution in [3.05, 3.63) is 66.1 Å². The molecule has 0 atom stereocenters. The lowest BCUT2D eigenvalue weighted by atomic mass is 10.2. The zero-order valence-electron chi connectivity index (χ0n) is 11.9. The molecule has 0 radical (unpaired) electrons. The van der Waals surface area contributed by atoms with E-state index in [2.05, 4.69) is 6.08 Å². The number of unbranched alkanes of at least 4 members (excludes halogenated alkanes) is 3. The Kier molecular flexibility index (Phi) is 7.66. The van der Waals surface area contributed by atoms with E-state index in [4.69, 9.17) is 0 Å². The highest BCUT2D eigenvalue weighted by Gasteiger charge is 2.07. The number of hydrogen-bond donors (Lipinski definition) is 0. The fraction of sp³-hybridized carbons (Fsp3) is 0.294. The Morgan fingerprint density at radius 1 is 0.950 bits per heavy atom. The summed E-state index contributed by atoms with van der Waals surface area (Å²) in [6.07, 6.45) is 13.8. The van der Waals surface area contributed by atoms with Crippen molar-refractivity contribution in [2.24, 2.45) is 0 Å². The Bertz CT molecular complexity index is 552. The molecule has 0 saturated heterocycles. The average molecular weight is 290 g/mol. The van der Waals surface area contributed by atoms with Crippen LogP contribution in [0.1, 0.15) is 32.6 Å². The average Bonchev–Trinajstić information content (AvgIpc) is 2.46. The molecule has 0 unspecified atom stereocenters.